The van der Waals surface area contributed by atoms with Crippen LogP contribution in [0.1, 0.15) is 72.4 Å². The molecule has 2 aromatic heterocycles. The molecule has 0 bridgehead atoms. The van der Waals surface area contributed by atoms with Gasteiger partial charge >= 0.3 is 0 Å². The minimum absolute atomic E-state index is 0.470. The zero-order chi connectivity index (χ0) is 24.1. The van der Waals surface area contributed by atoms with Gasteiger partial charge in [0, 0.05) is 11.8 Å². The van der Waals surface area contributed by atoms with Crippen molar-refractivity contribution in [2.24, 2.45) is 0 Å². The van der Waals surface area contributed by atoms with Crippen molar-refractivity contribution in [3.8, 4) is 11.3 Å². The zero-order valence-electron chi connectivity index (χ0n) is 21.8. The van der Waals surface area contributed by atoms with Crippen molar-refractivity contribution < 1.29 is 0 Å². The summed E-state index contributed by atoms with van der Waals surface area (Å²) < 4.78 is 3.06. The molecule has 0 spiro atoms. The normalized spacial score (nSPS) is 12.9. The van der Waals surface area contributed by atoms with E-state index in [2.05, 4.69) is 116 Å². The molecule has 4 rings (SSSR count). The molecule has 0 aliphatic heterocycles. The highest BCUT2D eigenvalue weighted by molar-refractivity contribution is 7.33. The van der Waals surface area contributed by atoms with Gasteiger partial charge in [-0.25, -0.2) is 0 Å². The van der Waals surface area contributed by atoms with Crippen LogP contribution in [-0.4, -0.2) is 13.1 Å². The number of hydrogen-bond acceptors (Lipinski definition) is 2. The van der Waals surface area contributed by atoms with Gasteiger partial charge < -0.3 is 0 Å². The van der Waals surface area contributed by atoms with Crippen molar-refractivity contribution in [2.75, 3.05) is 0 Å². The Kier molecular flexibility index (Phi) is 6.59. The van der Waals surface area contributed by atoms with Crippen molar-refractivity contribution in [3.63, 3.8) is 0 Å². The van der Waals surface area contributed by atoms with Crippen molar-refractivity contribution >= 4 is 44.8 Å². The van der Waals surface area contributed by atoms with E-state index in [-0.39, 0.29) is 0 Å². The molecule has 2 aromatic carbocycles. The lowest BCUT2D eigenvalue weighted by atomic mass is 9.92. The van der Waals surface area contributed by atoms with Crippen molar-refractivity contribution in [1.29, 1.82) is 0 Å². The van der Waals surface area contributed by atoms with Crippen LogP contribution in [-0.2, 0) is 0 Å². The number of fused-ring (bicyclic) bond motifs is 2. The molecule has 33 heavy (non-hydrogen) atoms. The summed E-state index contributed by atoms with van der Waals surface area (Å²) >= 11 is 2.06. The first-order valence-electron chi connectivity index (χ1n) is 12.5. The Morgan fingerprint density at radius 3 is 2.03 bits per heavy atom. The summed E-state index contributed by atoms with van der Waals surface area (Å²) in [5, 5.41) is 4.07. The molecule has 3 heteroatoms. The lowest BCUT2D eigenvalue weighted by molar-refractivity contribution is 0.836. The van der Waals surface area contributed by atoms with E-state index in [0.29, 0.717) is 22.5 Å². The Labute approximate surface area is 205 Å². The molecular formula is C30H39NSSi. The van der Waals surface area contributed by atoms with E-state index >= 15 is 0 Å². The molecule has 0 unspecified atom stereocenters. The maximum absolute atomic E-state index is 4.98. The maximum atomic E-state index is 4.98. The zero-order valence-corrected chi connectivity index (χ0v) is 23.6. The topological polar surface area (TPSA) is 12.9 Å². The Balaban J connectivity index is 2.03. The third-order valence-electron chi connectivity index (χ3n) is 7.90. The Hall–Kier alpha value is -1.97. The average molecular weight is 474 g/mol. The van der Waals surface area contributed by atoms with Gasteiger partial charge in [-0.1, -0.05) is 79.7 Å². The predicted molar refractivity (Wildman–Crippen MR) is 152 cm³/mol. The van der Waals surface area contributed by atoms with Crippen LogP contribution in [0.15, 0.2) is 48.7 Å². The van der Waals surface area contributed by atoms with Gasteiger partial charge in [-0.2, -0.15) is 0 Å². The van der Waals surface area contributed by atoms with Gasteiger partial charge in [0.15, 0.2) is 0 Å². The number of rotatable bonds is 6. The predicted octanol–water partition coefficient (Wildman–Crippen LogP) is 9.43. The molecule has 0 amide bonds. The van der Waals surface area contributed by atoms with Crippen LogP contribution in [0.5, 0.6) is 0 Å². The first-order valence-corrected chi connectivity index (χ1v) is 15.6. The molecule has 0 saturated carbocycles. The Bertz CT molecular complexity index is 1270. The van der Waals surface area contributed by atoms with Gasteiger partial charge in [0.25, 0.3) is 0 Å². The van der Waals surface area contributed by atoms with E-state index in [0.717, 1.165) is 5.69 Å². The van der Waals surface area contributed by atoms with Gasteiger partial charge in [-0.15, -0.1) is 11.3 Å². The average Bonchev–Trinajstić information content (AvgIpc) is 3.09. The van der Waals surface area contributed by atoms with Gasteiger partial charge in [0.05, 0.1) is 10.4 Å². The number of aryl methyl sites for hydroxylation is 1. The largest absolute Gasteiger partial charge is 0.255 e. The summed E-state index contributed by atoms with van der Waals surface area (Å²) in [6.07, 6.45) is 2.02. The number of nitrogens with zero attached hydrogens (tertiary/aromatic N) is 1. The molecular weight excluding hydrogens is 434 g/mol. The third-order valence-corrected chi connectivity index (χ3v) is 17.3. The minimum Gasteiger partial charge on any atom is -0.255 e. The second-order valence-corrected chi connectivity index (χ2v) is 18.1. The first-order chi connectivity index (χ1) is 15.6. The number of hydrogen-bond donors (Lipinski definition) is 0. The van der Waals surface area contributed by atoms with E-state index < -0.39 is 8.07 Å². The molecule has 0 fully saturated rings. The van der Waals surface area contributed by atoms with E-state index in [1.54, 1.807) is 4.50 Å². The molecule has 0 N–H and O–H groups in total. The van der Waals surface area contributed by atoms with Crippen LogP contribution in [0.4, 0.5) is 0 Å². The fourth-order valence-corrected chi connectivity index (χ4v) is 17.1. The molecule has 0 saturated heterocycles. The van der Waals surface area contributed by atoms with Gasteiger partial charge in [0.1, 0.15) is 8.07 Å². The molecule has 1 nitrogen and oxygen atoms in total. The van der Waals surface area contributed by atoms with Crippen LogP contribution in [0, 0.1) is 6.92 Å². The first kappa shape index (κ1) is 24.2. The molecule has 0 atom stereocenters. The number of pyridine rings is 1. The quantitative estimate of drug-likeness (QED) is 0.254. The molecule has 0 aliphatic rings. The van der Waals surface area contributed by atoms with E-state index in [9.17, 15) is 0 Å². The Morgan fingerprint density at radius 2 is 1.42 bits per heavy atom. The molecule has 4 aromatic rings. The lowest BCUT2D eigenvalue weighted by Gasteiger charge is -2.43. The summed E-state index contributed by atoms with van der Waals surface area (Å²) in [6, 6.07) is 15.8. The summed E-state index contributed by atoms with van der Waals surface area (Å²) in [4.78, 5) is 4.98. The van der Waals surface area contributed by atoms with Gasteiger partial charge in [-0.3, -0.25) is 4.98 Å². The van der Waals surface area contributed by atoms with Gasteiger partial charge in [0.2, 0.25) is 0 Å². The summed E-state index contributed by atoms with van der Waals surface area (Å²) in [6.45, 7) is 21.7. The second kappa shape index (κ2) is 9.00. The smallest absolute Gasteiger partial charge is 0.107 e. The van der Waals surface area contributed by atoms with Crippen molar-refractivity contribution in [3.05, 3.63) is 59.8 Å². The summed E-state index contributed by atoms with van der Waals surface area (Å²) in [5.41, 5.74) is 7.42. The summed E-state index contributed by atoms with van der Waals surface area (Å²) in [7, 11) is -1.74. The maximum Gasteiger partial charge on any atom is 0.107 e. The summed E-state index contributed by atoms with van der Waals surface area (Å²) in [5.74, 6) is 0.470. The van der Waals surface area contributed by atoms with Crippen LogP contribution < -0.4 is 4.50 Å². The highest BCUT2D eigenvalue weighted by atomic mass is 32.1. The van der Waals surface area contributed by atoms with Crippen LogP contribution in [0.3, 0.4) is 0 Å². The standard InChI is InChI=1S/C30H39NSSi/c1-18(2)27-17-24(16-23-12-10-11-13-26(23)27)28-29-25(14-15-31-28)22(9)30(32-29)33(19(3)4,20(5)6)21(7)8/h10-21H,1-9H3. The molecule has 2 heterocycles. The second-order valence-electron chi connectivity index (χ2n) is 10.9. The minimum atomic E-state index is -1.74. The lowest BCUT2D eigenvalue weighted by Crippen LogP contribution is -2.55. The fourth-order valence-electron chi connectivity index (χ4n) is 6.51. The number of aromatic nitrogens is 1. The van der Waals surface area contributed by atoms with Gasteiger partial charge in [-0.05, 0) is 79.5 Å². The van der Waals surface area contributed by atoms with Crippen LogP contribution in [0.2, 0.25) is 16.6 Å². The molecule has 174 valence electrons. The molecule has 0 aliphatic carbocycles. The van der Waals surface area contributed by atoms with Crippen LogP contribution in [0.25, 0.3) is 32.1 Å². The monoisotopic (exact) mass is 473 g/mol. The highest BCUT2D eigenvalue weighted by Crippen LogP contribution is 2.45. The highest BCUT2D eigenvalue weighted by Gasteiger charge is 2.46. The van der Waals surface area contributed by atoms with Crippen LogP contribution >= 0.6 is 11.3 Å². The third kappa shape index (κ3) is 3.78. The van der Waals surface area contributed by atoms with Crippen molar-refractivity contribution in [2.45, 2.75) is 84.9 Å². The number of thiophene rings is 1. The van der Waals surface area contributed by atoms with E-state index in [1.165, 1.54) is 37.5 Å². The number of benzene rings is 2. The Morgan fingerprint density at radius 1 is 0.788 bits per heavy atom. The SMILES string of the molecule is Cc1c([Si](C(C)C)(C(C)C)C(C)C)sc2c(-c3cc(C(C)C)c4ccccc4c3)nccc12. The van der Waals surface area contributed by atoms with E-state index in [1.807, 2.05) is 6.20 Å². The fraction of sp³-hybridized carbons (Fsp3) is 0.433. The van der Waals surface area contributed by atoms with E-state index in [4.69, 9.17) is 4.98 Å². The molecule has 0 radical (unpaired) electrons. The van der Waals surface area contributed by atoms with Crippen molar-refractivity contribution in [1.82, 2.24) is 4.98 Å².